The molecule has 2 aromatic rings. The summed E-state index contributed by atoms with van der Waals surface area (Å²) in [5.41, 5.74) is 5.68. The molecule has 2 fully saturated rings. The number of rotatable bonds is 6. The van der Waals surface area contributed by atoms with Gasteiger partial charge in [0.2, 0.25) is 10.0 Å². The molecule has 0 spiro atoms. The molecule has 0 saturated carbocycles. The molecule has 2 aliphatic heterocycles. The molecule has 7 nitrogen and oxygen atoms in total. The fourth-order valence-corrected chi connectivity index (χ4v) is 5.91. The van der Waals surface area contributed by atoms with E-state index < -0.39 is 10.0 Å². The Labute approximate surface area is 204 Å². The van der Waals surface area contributed by atoms with Crippen LogP contribution in [0.1, 0.15) is 34.0 Å². The Bertz CT molecular complexity index is 1120. The predicted octanol–water partition coefficient (Wildman–Crippen LogP) is 2.73. The van der Waals surface area contributed by atoms with Gasteiger partial charge in [-0.05, 0) is 55.7 Å². The third-order valence-corrected chi connectivity index (χ3v) is 9.03. The lowest BCUT2D eigenvalue weighted by Crippen LogP contribution is -2.49. The van der Waals surface area contributed by atoms with Crippen molar-refractivity contribution < 1.29 is 13.2 Å². The van der Waals surface area contributed by atoms with Crippen molar-refractivity contribution in [2.24, 2.45) is 0 Å². The monoisotopic (exact) mass is 484 g/mol. The van der Waals surface area contributed by atoms with Crippen LogP contribution < -0.4 is 4.90 Å². The lowest BCUT2D eigenvalue weighted by molar-refractivity contribution is 0.0746. The van der Waals surface area contributed by atoms with Crippen molar-refractivity contribution in [2.45, 2.75) is 27.3 Å². The van der Waals surface area contributed by atoms with Gasteiger partial charge in [0.15, 0.2) is 0 Å². The average Bonchev–Trinajstić information content (AvgIpc) is 2.86. The molecule has 2 aromatic carbocycles. The van der Waals surface area contributed by atoms with Crippen LogP contribution in [0.5, 0.6) is 0 Å². The maximum atomic E-state index is 13.2. The van der Waals surface area contributed by atoms with Crippen molar-refractivity contribution >= 4 is 21.6 Å². The van der Waals surface area contributed by atoms with Crippen LogP contribution in [0.15, 0.2) is 42.5 Å². The Hall–Kier alpha value is -2.42. The van der Waals surface area contributed by atoms with E-state index in [9.17, 15) is 13.2 Å². The highest BCUT2D eigenvalue weighted by Gasteiger charge is 2.26. The zero-order valence-electron chi connectivity index (χ0n) is 20.5. The lowest BCUT2D eigenvalue weighted by Gasteiger charge is -2.37. The first-order valence-corrected chi connectivity index (χ1v) is 13.8. The highest BCUT2D eigenvalue weighted by molar-refractivity contribution is 7.89. The van der Waals surface area contributed by atoms with Gasteiger partial charge in [0, 0.05) is 70.2 Å². The molecule has 1 amide bonds. The van der Waals surface area contributed by atoms with Crippen LogP contribution in [0.2, 0.25) is 0 Å². The second kappa shape index (κ2) is 10.5. The number of amides is 1. The summed E-state index contributed by atoms with van der Waals surface area (Å²) < 4.78 is 25.8. The van der Waals surface area contributed by atoms with Gasteiger partial charge < -0.3 is 9.80 Å². The minimum Gasteiger partial charge on any atom is -0.368 e. The molecule has 0 unspecified atom stereocenters. The highest BCUT2D eigenvalue weighted by Crippen LogP contribution is 2.24. The van der Waals surface area contributed by atoms with E-state index in [0.29, 0.717) is 39.3 Å². The van der Waals surface area contributed by atoms with Crippen LogP contribution in [0, 0.1) is 13.8 Å². The van der Waals surface area contributed by atoms with Crippen LogP contribution >= 0.6 is 0 Å². The third kappa shape index (κ3) is 5.45. The third-order valence-electron chi connectivity index (χ3n) is 7.15. The molecule has 0 radical (unpaired) electrons. The Morgan fingerprint density at radius 3 is 2.24 bits per heavy atom. The van der Waals surface area contributed by atoms with Crippen molar-refractivity contribution in [2.75, 3.05) is 63.0 Å². The number of anilines is 1. The summed E-state index contributed by atoms with van der Waals surface area (Å²) in [6, 6.07) is 14.3. The van der Waals surface area contributed by atoms with Gasteiger partial charge >= 0.3 is 0 Å². The molecule has 0 aliphatic carbocycles. The molecule has 2 aliphatic rings. The standard InChI is InChI=1S/C26H36N4O3S/c1-4-34(32,33)30-17-11-27(12-18-30)20-23-8-6-9-24(19-23)26(31)29-15-13-28(14-16-29)25-10-5-7-21(2)22(25)3/h5-10,19H,4,11-18,20H2,1-3H3. The SMILES string of the molecule is CCS(=O)(=O)N1CCN(Cc2cccc(C(=O)N3CCN(c4cccc(C)c4C)CC3)c2)CC1. The van der Waals surface area contributed by atoms with Gasteiger partial charge in [0.1, 0.15) is 0 Å². The number of carbonyl (C=O) groups is 1. The first kappa shape index (κ1) is 24.7. The summed E-state index contributed by atoms with van der Waals surface area (Å²) in [5, 5.41) is 0. The Balaban J connectivity index is 1.33. The van der Waals surface area contributed by atoms with E-state index in [2.05, 4.69) is 41.8 Å². The summed E-state index contributed by atoms with van der Waals surface area (Å²) in [4.78, 5) is 19.8. The summed E-state index contributed by atoms with van der Waals surface area (Å²) in [6.07, 6.45) is 0. The van der Waals surface area contributed by atoms with E-state index in [1.54, 1.807) is 11.2 Å². The number of hydrogen-bond donors (Lipinski definition) is 0. The summed E-state index contributed by atoms with van der Waals surface area (Å²) in [6.45, 7) is 12.3. The Kier molecular flexibility index (Phi) is 7.60. The largest absolute Gasteiger partial charge is 0.368 e. The number of carbonyl (C=O) groups excluding carboxylic acids is 1. The molecule has 8 heteroatoms. The number of hydrogen-bond acceptors (Lipinski definition) is 5. The molecular weight excluding hydrogens is 448 g/mol. The number of nitrogens with zero attached hydrogens (tertiary/aromatic N) is 4. The molecule has 184 valence electrons. The van der Waals surface area contributed by atoms with E-state index in [-0.39, 0.29) is 11.7 Å². The number of benzene rings is 2. The predicted molar refractivity (Wildman–Crippen MR) is 137 cm³/mol. The molecule has 2 saturated heterocycles. The van der Waals surface area contributed by atoms with Crippen LogP contribution in [0.4, 0.5) is 5.69 Å². The van der Waals surface area contributed by atoms with Crippen molar-refractivity contribution in [3.05, 3.63) is 64.7 Å². The second-order valence-electron chi connectivity index (χ2n) is 9.27. The molecule has 0 N–H and O–H groups in total. The van der Waals surface area contributed by atoms with Crippen molar-refractivity contribution in [3.63, 3.8) is 0 Å². The van der Waals surface area contributed by atoms with Crippen LogP contribution in [-0.4, -0.2) is 86.5 Å². The van der Waals surface area contributed by atoms with Gasteiger partial charge in [-0.3, -0.25) is 9.69 Å². The maximum absolute atomic E-state index is 13.2. The van der Waals surface area contributed by atoms with E-state index in [0.717, 1.165) is 30.8 Å². The zero-order chi connectivity index (χ0) is 24.3. The first-order valence-electron chi connectivity index (χ1n) is 12.2. The van der Waals surface area contributed by atoms with Gasteiger partial charge in [-0.25, -0.2) is 8.42 Å². The van der Waals surface area contributed by atoms with Crippen LogP contribution in [0.3, 0.4) is 0 Å². The van der Waals surface area contributed by atoms with E-state index in [4.69, 9.17) is 0 Å². The summed E-state index contributed by atoms with van der Waals surface area (Å²) >= 11 is 0. The van der Waals surface area contributed by atoms with Gasteiger partial charge in [-0.1, -0.05) is 24.3 Å². The average molecular weight is 485 g/mol. The summed E-state index contributed by atoms with van der Waals surface area (Å²) in [7, 11) is -3.12. The van der Waals surface area contributed by atoms with Crippen molar-refractivity contribution in [1.82, 2.24) is 14.1 Å². The smallest absolute Gasteiger partial charge is 0.253 e. The van der Waals surface area contributed by atoms with E-state index >= 15 is 0 Å². The quantitative estimate of drug-likeness (QED) is 0.631. The van der Waals surface area contributed by atoms with Crippen molar-refractivity contribution in [3.8, 4) is 0 Å². The van der Waals surface area contributed by atoms with Gasteiger partial charge in [0.25, 0.3) is 5.91 Å². The van der Waals surface area contributed by atoms with Crippen LogP contribution in [-0.2, 0) is 16.6 Å². The second-order valence-corrected chi connectivity index (χ2v) is 11.5. The highest BCUT2D eigenvalue weighted by atomic mass is 32.2. The number of aryl methyl sites for hydroxylation is 1. The van der Waals surface area contributed by atoms with Crippen molar-refractivity contribution in [1.29, 1.82) is 0 Å². The molecule has 34 heavy (non-hydrogen) atoms. The summed E-state index contributed by atoms with van der Waals surface area (Å²) in [5.74, 6) is 0.233. The van der Waals surface area contributed by atoms with Gasteiger partial charge in [-0.2, -0.15) is 4.31 Å². The maximum Gasteiger partial charge on any atom is 0.253 e. The Morgan fingerprint density at radius 2 is 1.56 bits per heavy atom. The van der Waals surface area contributed by atoms with Crippen LogP contribution in [0.25, 0.3) is 0 Å². The fraction of sp³-hybridized carbons (Fsp3) is 0.500. The molecule has 0 atom stereocenters. The van der Waals surface area contributed by atoms with Gasteiger partial charge in [-0.15, -0.1) is 0 Å². The molecule has 2 heterocycles. The van der Waals surface area contributed by atoms with E-state index in [1.165, 1.54) is 16.8 Å². The van der Waals surface area contributed by atoms with E-state index in [1.807, 2.05) is 29.2 Å². The number of sulfonamides is 1. The molecule has 4 rings (SSSR count). The van der Waals surface area contributed by atoms with Gasteiger partial charge in [0.05, 0.1) is 5.75 Å². The number of piperazine rings is 2. The Morgan fingerprint density at radius 1 is 0.882 bits per heavy atom. The zero-order valence-corrected chi connectivity index (χ0v) is 21.4. The first-order chi connectivity index (χ1) is 16.3. The minimum absolute atomic E-state index is 0.0846. The lowest BCUT2D eigenvalue weighted by atomic mass is 10.1. The topological polar surface area (TPSA) is 64.2 Å². The molecule has 0 bridgehead atoms. The molecule has 0 aromatic heterocycles. The fourth-order valence-electron chi connectivity index (χ4n) is 4.82. The normalized spacial score (nSPS) is 18.3. The minimum atomic E-state index is -3.12. The molecular formula is C26H36N4O3S.